The van der Waals surface area contributed by atoms with Crippen LogP contribution >= 0.6 is 0 Å². The quantitative estimate of drug-likeness (QED) is 0.870. The zero-order valence-electron chi connectivity index (χ0n) is 15.3. The SMILES string of the molecule is COc1ccccc1N1CCC[C@H](NCc2ccnc(N(C)C)n2)C1. The van der Waals surface area contributed by atoms with Crippen molar-refractivity contribution < 1.29 is 4.74 Å². The molecule has 0 bridgehead atoms. The van der Waals surface area contributed by atoms with Gasteiger partial charge in [0.05, 0.1) is 18.5 Å². The second kappa shape index (κ2) is 8.16. The number of nitrogens with zero attached hydrogens (tertiary/aromatic N) is 4. The van der Waals surface area contributed by atoms with Gasteiger partial charge in [-0.1, -0.05) is 12.1 Å². The second-order valence-electron chi connectivity index (χ2n) is 6.58. The number of hydrogen-bond acceptors (Lipinski definition) is 6. The van der Waals surface area contributed by atoms with Crippen LogP contribution in [-0.2, 0) is 6.54 Å². The summed E-state index contributed by atoms with van der Waals surface area (Å²) in [7, 11) is 5.65. The molecule has 1 aromatic carbocycles. The molecule has 25 heavy (non-hydrogen) atoms. The summed E-state index contributed by atoms with van der Waals surface area (Å²) in [5, 5.41) is 3.65. The lowest BCUT2D eigenvalue weighted by molar-refractivity contribution is 0.399. The van der Waals surface area contributed by atoms with Gasteiger partial charge in [0.1, 0.15) is 5.75 Å². The Hall–Kier alpha value is -2.34. The first-order valence-corrected chi connectivity index (χ1v) is 8.78. The standard InChI is InChI=1S/C19H27N5O/c1-23(2)19-20-11-10-15(22-19)13-21-16-7-6-12-24(14-16)17-8-4-5-9-18(17)25-3/h4-5,8-11,16,21H,6-7,12-14H2,1-3H3/t16-/m0/s1. The zero-order valence-corrected chi connectivity index (χ0v) is 15.3. The lowest BCUT2D eigenvalue weighted by Gasteiger charge is -2.35. The van der Waals surface area contributed by atoms with Crippen molar-refractivity contribution in [3.05, 3.63) is 42.2 Å². The van der Waals surface area contributed by atoms with Crippen molar-refractivity contribution in [2.45, 2.75) is 25.4 Å². The van der Waals surface area contributed by atoms with Crippen LogP contribution in [0.5, 0.6) is 5.75 Å². The van der Waals surface area contributed by atoms with Crippen LogP contribution in [-0.4, -0.2) is 50.3 Å². The number of anilines is 2. The normalized spacial score (nSPS) is 17.4. The van der Waals surface area contributed by atoms with Crippen LogP contribution in [0, 0.1) is 0 Å². The average molecular weight is 341 g/mol. The Bertz CT molecular complexity index is 691. The molecule has 0 aliphatic carbocycles. The highest BCUT2D eigenvalue weighted by atomic mass is 16.5. The van der Waals surface area contributed by atoms with E-state index in [1.807, 2.05) is 43.4 Å². The number of benzene rings is 1. The number of nitrogens with one attached hydrogen (secondary N) is 1. The maximum Gasteiger partial charge on any atom is 0.225 e. The van der Waals surface area contributed by atoms with Crippen LogP contribution in [0.1, 0.15) is 18.5 Å². The molecule has 1 aliphatic heterocycles. The molecule has 1 aromatic heterocycles. The van der Waals surface area contributed by atoms with Crippen molar-refractivity contribution in [1.82, 2.24) is 15.3 Å². The van der Waals surface area contributed by atoms with Crippen LogP contribution in [0.15, 0.2) is 36.5 Å². The summed E-state index contributed by atoms with van der Waals surface area (Å²) in [5.41, 5.74) is 2.20. The van der Waals surface area contributed by atoms with E-state index in [0.717, 1.165) is 37.0 Å². The molecule has 3 rings (SSSR count). The number of aromatic nitrogens is 2. The van der Waals surface area contributed by atoms with Gasteiger partial charge < -0.3 is 19.9 Å². The molecule has 0 radical (unpaired) electrons. The number of hydrogen-bond donors (Lipinski definition) is 1. The Morgan fingerprint density at radius 3 is 2.92 bits per heavy atom. The van der Waals surface area contributed by atoms with Crippen molar-refractivity contribution >= 4 is 11.6 Å². The largest absolute Gasteiger partial charge is 0.495 e. The van der Waals surface area contributed by atoms with Crippen LogP contribution < -0.4 is 19.9 Å². The van der Waals surface area contributed by atoms with Gasteiger partial charge in [-0.25, -0.2) is 9.97 Å². The predicted molar refractivity (Wildman–Crippen MR) is 101 cm³/mol. The predicted octanol–water partition coefficient (Wildman–Crippen LogP) is 2.31. The number of piperidine rings is 1. The molecule has 2 heterocycles. The lowest BCUT2D eigenvalue weighted by atomic mass is 10.0. The van der Waals surface area contributed by atoms with E-state index >= 15 is 0 Å². The Morgan fingerprint density at radius 2 is 2.12 bits per heavy atom. The monoisotopic (exact) mass is 341 g/mol. The maximum absolute atomic E-state index is 5.51. The van der Waals surface area contributed by atoms with Gasteiger partial charge in [0.15, 0.2) is 0 Å². The molecule has 6 heteroatoms. The summed E-state index contributed by atoms with van der Waals surface area (Å²) in [6.07, 6.45) is 4.17. The second-order valence-corrected chi connectivity index (χ2v) is 6.58. The molecule has 0 unspecified atom stereocenters. The van der Waals surface area contributed by atoms with Gasteiger partial charge in [0.25, 0.3) is 0 Å². The summed E-state index contributed by atoms with van der Waals surface area (Å²) in [6, 6.07) is 10.7. The molecule has 1 saturated heterocycles. The molecule has 1 aliphatic rings. The number of para-hydroxylation sites is 2. The van der Waals surface area contributed by atoms with E-state index in [4.69, 9.17) is 4.74 Å². The van der Waals surface area contributed by atoms with Gasteiger partial charge in [-0.15, -0.1) is 0 Å². The van der Waals surface area contributed by atoms with Gasteiger partial charge in [0, 0.05) is 46.0 Å². The average Bonchev–Trinajstić information content (AvgIpc) is 2.67. The van der Waals surface area contributed by atoms with Gasteiger partial charge >= 0.3 is 0 Å². The van der Waals surface area contributed by atoms with Crippen molar-refractivity contribution in [3.63, 3.8) is 0 Å². The fourth-order valence-corrected chi connectivity index (χ4v) is 3.20. The number of rotatable bonds is 6. The van der Waals surface area contributed by atoms with Crippen molar-refractivity contribution in [1.29, 1.82) is 0 Å². The summed E-state index contributed by atoms with van der Waals surface area (Å²) in [4.78, 5) is 13.2. The van der Waals surface area contributed by atoms with E-state index in [0.29, 0.717) is 6.04 Å². The van der Waals surface area contributed by atoms with Crippen molar-refractivity contribution in [3.8, 4) is 5.75 Å². The fraction of sp³-hybridized carbons (Fsp3) is 0.474. The van der Waals surface area contributed by atoms with Crippen LogP contribution in [0.3, 0.4) is 0 Å². The molecular weight excluding hydrogens is 314 g/mol. The zero-order chi connectivity index (χ0) is 17.6. The highest BCUT2D eigenvalue weighted by molar-refractivity contribution is 5.58. The van der Waals surface area contributed by atoms with E-state index in [2.05, 4.69) is 32.3 Å². The molecule has 1 atom stereocenters. The number of ether oxygens (including phenoxy) is 1. The molecule has 0 amide bonds. The van der Waals surface area contributed by atoms with Gasteiger partial charge in [-0.05, 0) is 31.0 Å². The molecule has 134 valence electrons. The highest BCUT2D eigenvalue weighted by Crippen LogP contribution is 2.29. The minimum absolute atomic E-state index is 0.441. The lowest BCUT2D eigenvalue weighted by Crippen LogP contribution is -2.45. The van der Waals surface area contributed by atoms with Crippen LogP contribution in [0.4, 0.5) is 11.6 Å². The molecular formula is C19H27N5O. The van der Waals surface area contributed by atoms with Crippen LogP contribution in [0.25, 0.3) is 0 Å². The topological polar surface area (TPSA) is 53.5 Å². The molecule has 2 aromatic rings. The first kappa shape index (κ1) is 17.5. The first-order valence-electron chi connectivity index (χ1n) is 8.78. The third kappa shape index (κ3) is 4.39. The smallest absolute Gasteiger partial charge is 0.225 e. The Kier molecular flexibility index (Phi) is 5.71. The number of methoxy groups -OCH3 is 1. The van der Waals surface area contributed by atoms with Crippen molar-refractivity contribution in [2.75, 3.05) is 44.1 Å². The van der Waals surface area contributed by atoms with E-state index in [-0.39, 0.29) is 0 Å². The molecule has 0 saturated carbocycles. The molecule has 0 spiro atoms. The van der Waals surface area contributed by atoms with E-state index in [9.17, 15) is 0 Å². The van der Waals surface area contributed by atoms with E-state index in [1.54, 1.807) is 7.11 Å². The highest BCUT2D eigenvalue weighted by Gasteiger charge is 2.21. The molecule has 1 fully saturated rings. The molecule has 1 N–H and O–H groups in total. The Morgan fingerprint density at radius 1 is 1.28 bits per heavy atom. The minimum atomic E-state index is 0.441. The van der Waals surface area contributed by atoms with Gasteiger partial charge in [-0.2, -0.15) is 0 Å². The molecule has 6 nitrogen and oxygen atoms in total. The summed E-state index contributed by atoms with van der Waals surface area (Å²) in [5.74, 6) is 1.69. The summed E-state index contributed by atoms with van der Waals surface area (Å²) >= 11 is 0. The van der Waals surface area contributed by atoms with Gasteiger partial charge in [0.2, 0.25) is 5.95 Å². The summed E-state index contributed by atoms with van der Waals surface area (Å²) < 4.78 is 5.51. The third-order valence-corrected chi connectivity index (χ3v) is 4.52. The Labute approximate surface area is 149 Å². The summed E-state index contributed by atoms with van der Waals surface area (Å²) in [6.45, 7) is 2.80. The Balaban J connectivity index is 1.61. The maximum atomic E-state index is 5.51. The first-order chi connectivity index (χ1) is 12.2. The van der Waals surface area contributed by atoms with Crippen molar-refractivity contribution in [2.24, 2.45) is 0 Å². The van der Waals surface area contributed by atoms with E-state index in [1.165, 1.54) is 18.5 Å². The minimum Gasteiger partial charge on any atom is -0.495 e. The fourth-order valence-electron chi connectivity index (χ4n) is 3.20. The van der Waals surface area contributed by atoms with E-state index < -0.39 is 0 Å². The van der Waals surface area contributed by atoms with Gasteiger partial charge in [-0.3, -0.25) is 0 Å². The third-order valence-electron chi connectivity index (χ3n) is 4.52. The van der Waals surface area contributed by atoms with Crippen LogP contribution in [0.2, 0.25) is 0 Å².